The lowest BCUT2D eigenvalue weighted by Gasteiger charge is -2.11. The Bertz CT molecular complexity index is 655. The highest BCUT2D eigenvalue weighted by molar-refractivity contribution is 7.09. The van der Waals surface area contributed by atoms with Crippen LogP contribution in [0.2, 0.25) is 5.02 Å². The molecule has 130 valence electrons. The fourth-order valence-corrected chi connectivity index (χ4v) is 2.94. The van der Waals surface area contributed by atoms with Gasteiger partial charge in [-0.15, -0.1) is 11.3 Å². The van der Waals surface area contributed by atoms with Crippen LogP contribution >= 0.6 is 22.9 Å². The molecule has 0 aliphatic carbocycles. The number of rotatable bonds is 7. The zero-order chi connectivity index (χ0) is 17.4. The molecular formula is C17H23ClN4OS. The molecule has 0 radical (unpaired) electrons. The van der Waals surface area contributed by atoms with Crippen molar-refractivity contribution in [2.75, 3.05) is 20.2 Å². The van der Waals surface area contributed by atoms with Crippen molar-refractivity contribution >= 4 is 28.9 Å². The molecule has 0 unspecified atom stereocenters. The maximum Gasteiger partial charge on any atom is 0.191 e. The second kappa shape index (κ2) is 9.49. The maximum atomic E-state index is 5.84. The normalized spacial score (nSPS) is 11.6. The number of nitrogens with one attached hydrogen (secondary N) is 2. The predicted molar refractivity (Wildman–Crippen MR) is 101 cm³/mol. The molecule has 1 aromatic heterocycles. The molecule has 5 nitrogen and oxygen atoms in total. The van der Waals surface area contributed by atoms with E-state index in [1.54, 1.807) is 18.4 Å². The predicted octanol–water partition coefficient (Wildman–Crippen LogP) is 3.66. The number of thiazole rings is 1. The third kappa shape index (κ3) is 6.02. The van der Waals surface area contributed by atoms with Crippen molar-refractivity contribution in [1.82, 2.24) is 15.6 Å². The molecule has 1 heterocycles. The molecule has 0 amide bonds. The summed E-state index contributed by atoms with van der Waals surface area (Å²) in [6.07, 6.45) is 0. The highest BCUT2D eigenvalue weighted by Crippen LogP contribution is 2.17. The summed E-state index contributed by atoms with van der Waals surface area (Å²) in [6, 6.07) is 7.32. The fraction of sp³-hybridized carbons (Fsp3) is 0.412. The van der Waals surface area contributed by atoms with E-state index >= 15 is 0 Å². The number of hydrogen-bond acceptors (Lipinski definition) is 4. The molecule has 0 aliphatic heterocycles. The number of guanidine groups is 1. The molecular weight excluding hydrogens is 344 g/mol. The SMILES string of the molecule is CN=C(NCCOc1ccc(Cl)cc1)NCc1nc(C(C)C)cs1. The number of aromatic nitrogens is 1. The summed E-state index contributed by atoms with van der Waals surface area (Å²) in [5.41, 5.74) is 1.14. The number of ether oxygens (including phenoxy) is 1. The topological polar surface area (TPSA) is 58.5 Å². The molecule has 24 heavy (non-hydrogen) atoms. The average molecular weight is 367 g/mol. The minimum absolute atomic E-state index is 0.456. The summed E-state index contributed by atoms with van der Waals surface area (Å²) in [5.74, 6) is 1.99. The molecule has 2 N–H and O–H groups in total. The smallest absolute Gasteiger partial charge is 0.191 e. The zero-order valence-electron chi connectivity index (χ0n) is 14.2. The van der Waals surface area contributed by atoms with Crippen LogP contribution in [0.1, 0.15) is 30.5 Å². The van der Waals surface area contributed by atoms with Gasteiger partial charge in [0.2, 0.25) is 0 Å². The number of aliphatic imine (C=N–C) groups is 1. The quantitative estimate of drug-likeness (QED) is 0.446. The van der Waals surface area contributed by atoms with Crippen LogP contribution in [-0.2, 0) is 6.54 Å². The van der Waals surface area contributed by atoms with Gasteiger partial charge in [-0.2, -0.15) is 0 Å². The van der Waals surface area contributed by atoms with Crippen molar-refractivity contribution in [3.05, 3.63) is 45.4 Å². The van der Waals surface area contributed by atoms with Crippen molar-refractivity contribution in [2.24, 2.45) is 4.99 Å². The Morgan fingerprint density at radius 1 is 1.29 bits per heavy atom. The van der Waals surface area contributed by atoms with E-state index < -0.39 is 0 Å². The van der Waals surface area contributed by atoms with Crippen LogP contribution in [0.5, 0.6) is 5.75 Å². The lowest BCUT2D eigenvalue weighted by atomic mass is 10.2. The van der Waals surface area contributed by atoms with Gasteiger partial charge in [0.1, 0.15) is 17.4 Å². The number of nitrogens with zero attached hydrogens (tertiary/aromatic N) is 2. The zero-order valence-corrected chi connectivity index (χ0v) is 15.7. The first kappa shape index (κ1) is 18.5. The third-order valence-corrected chi connectivity index (χ3v) is 4.39. The van der Waals surface area contributed by atoms with Crippen LogP contribution < -0.4 is 15.4 Å². The molecule has 0 atom stereocenters. The Balaban J connectivity index is 1.69. The Morgan fingerprint density at radius 2 is 2.04 bits per heavy atom. The molecule has 0 aliphatic rings. The molecule has 0 bridgehead atoms. The average Bonchev–Trinajstić information content (AvgIpc) is 3.05. The maximum absolute atomic E-state index is 5.84. The number of hydrogen-bond donors (Lipinski definition) is 2. The Labute approximate surface area is 152 Å². The van der Waals surface area contributed by atoms with Crippen LogP contribution in [0, 0.1) is 0 Å². The van der Waals surface area contributed by atoms with E-state index in [0.717, 1.165) is 22.4 Å². The highest BCUT2D eigenvalue weighted by Gasteiger charge is 2.06. The van der Waals surface area contributed by atoms with Gasteiger partial charge in [0.05, 0.1) is 18.8 Å². The summed E-state index contributed by atoms with van der Waals surface area (Å²) in [4.78, 5) is 8.80. The van der Waals surface area contributed by atoms with E-state index in [9.17, 15) is 0 Å². The summed E-state index contributed by atoms with van der Waals surface area (Å²) >= 11 is 7.51. The van der Waals surface area contributed by atoms with Gasteiger partial charge >= 0.3 is 0 Å². The van der Waals surface area contributed by atoms with Gasteiger partial charge in [-0.3, -0.25) is 4.99 Å². The van der Waals surface area contributed by atoms with Crippen molar-refractivity contribution < 1.29 is 4.74 Å². The lowest BCUT2D eigenvalue weighted by molar-refractivity contribution is 0.322. The lowest BCUT2D eigenvalue weighted by Crippen LogP contribution is -2.38. The molecule has 0 saturated heterocycles. The van der Waals surface area contributed by atoms with Gasteiger partial charge in [-0.05, 0) is 30.2 Å². The van der Waals surface area contributed by atoms with Crippen molar-refractivity contribution in [3.8, 4) is 5.75 Å². The monoisotopic (exact) mass is 366 g/mol. The summed E-state index contributed by atoms with van der Waals surface area (Å²) in [5, 5.41) is 10.3. The van der Waals surface area contributed by atoms with Gasteiger partial charge in [0.25, 0.3) is 0 Å². The Kier molecular flexibility index (Phi) is 7.34. The fourth-order valence-electron chi connectivity index (χ4n) is 1.92. The van der Waals surface area contributed by atoms with Crippen LogP contribution in [0.15, 0.2) is 34.6 Å². The van der Waals surface area contributed by atoms with Crippen molar-refractivity contribution in [1.29, 1.82) is 0 Å². The van der Waals surface area contributed by atoms with Crippen LogP contribution in [0.25, 0.3) is 0 Å². The van der Waals surface area contributed by atoms with Gasteiger partial charge in [-0.25, -0.2) is 4.98 Å². The third-order valence-electron chi connectivity index (χ3n) is 3.27. The second-order valence-corrected chi connectivity index (χ2v) is 6.85. The van der Waals surface area contributed by atoms with Gasteiger partial charge in [0, 0.05) is 17.5 Å². The molecule has 2 rings (SSSR count). The van der Waals surface area contributed by atoms with Crippen LogP contribution in [-0.4, -0.2) is 31.1 Å². The molecule has 0 saturated carbocycles. The standard InChI is InChI=1S/C17H23ClN4OS/c1-12(2)15-11-24-16(22-15)10-21-17(19-3)20-8-9-23-14-6-4-13(18)5-7-14/h4-7,11-12H,8-10H2,1-3H3,(H2,19,20,21). The minimum atomic E-state index is 0.456. The largest absolute Gasteiger partial charge is 0.492 e. The Morgan fingerprint density at radius 3 is 2.67 bits per heavy atom. The first-order chi connectivity index (χ1) is 11.6. The van der Waals surface area contributed by atoms with Crippen LogP contribution in [0.4, 0.5) is 0 Å². The molecule has 7 heteroatoms. The molecule has 2 aromatic rings. The summed E-state index contributed by atoms with van der Waals surface area (Å²) in [6.45, 7) is 6.14. The summed E-state index contributed by atoms with van der Waals surface area (Å²) < 4.78 is 5.63. The number of benzene rings is 1. The number of halogens is 1. The Hall–Kier alpha value is -1.79. The van der Waals surface area contributed by atoms with E-state index in [1.165, 1.54) is 0 Å². The van der Waals surface area contributed by atoms with Gasteiger partial charge in [0.15, 0.2) is 5.96 Å². The van der Waals surface area contributed by atoms with Gasteiger partial charge < -0.3 is 15.4 Å². The van der Waals surface area contributed by atoms with Gasteiger partial charge in [-0.1, -0.05) is 25.4 Å². The first-order valence-corrected chi connectivity index (χ1v) is 9.11. The van der Waals surface area contributed by atoms with E-state index in [2.05, 4.69) is 39.8 Å². The molecule has 1 aromatic carbocycles. The second-order valence-electron chi connectivity index (χ2n) is 5.48. The summed E-state index contributed by atoms with van der Waals surface area (Å²) in [7, 11) is 1.75. The van der Waals surface area contributed by atoms with E-state index in [-0.39, 0.29) is 0 Å². The van der Waals surface area contributed by atoms with Crippen molar-refractivity contribution in [2.45, 2.75) is 26.3 Å². The van der Waals surface area contributed by atoms with Crippen molar-refractivity contribution in [3.63, 3.8) is 0 Å². The van der Waals surface area contributed by atoms with E-state index in [0.29, 0.717) is 30.6 Å². The van der Waals surface area contributed by atoms with Crippen LogP contribution in [0.3, 0.4) is 0 Å². The highest BCUT2D eigenvalue weighted by atomic mass is 35.5. The first-order valence-electron chi connectivity index (χ1n) is 7.85. The minimum Gasteiger partial charge on any atom is -0.492 e. The van der Waals surface area contributed by atoms with E-state index in [1.807, 2.05) is 24.3 Å². The molecule has 0 fully saturated rings. The van der Waals surface area contributed by atoms with E-state index in [4.69, 9.17) is 16.3 Å². The molecule has 0 spiro atoms.